The van der Waals surface area contributed by atoms with Crippen LogP contribution in [0.2, 0.25) is 5.02 Å². The van der Waals surface area contributed by atoms with Crippen molar-refractivity contribution < 1.29 is 0 Å². The molecule has 0 saturated carbocycles. The number of aromatic nitrogens is 2. The zero-order valence-corrected chi connectivity index (χ0v) is 16.3. The highest BCUT2D eigenvalue weighted by molar-refractivity contribution is 6.33. The molecular weight excluding hydrogens is 342 g/mol. The van der Waals surface area contributed by atoms with Crippen LogP contribution < -0.4 is 4.90 Å². The minimum absolute atomic E-state index is 0.0951. The lowest BCUT2D eigenvalue weighted by atomic mass is 9.86. The second kappa shape index (κ2) is 6.55. The zero-order chi connectivity index (χ0) is 18.3. The first-order chi connectivity index (χ1) is 12.4. The van der Waals surface area contributed by atoms with Gasteiger partial charge in [-0.25, -0.2) is 9.97 Å². The summed E-state index contributed by atoms with van der Waals surface area (Å²) in [5, 5.41) is 1.82. The van der Waals surface area contributed by atoms with Gasteiger partial charge in [-0.05, 0) is 48.1 Å². The molecule has 2 aromatic carbocycles. The molecule has 1 aromatic heterocycles. The van der Waals surface area contributed by atoms with Gasteiger partial charge >= 0.3 is 0 Å². The fourth-order valence-corrected chi connectivity index (χ4v) is 3.73. The van der Waals surface area contributed by atoms with Crippen molar-refractivity contribution in [3.8, 4) is 11.4 Å². The number of rotatable bonds is 2. The molecule has 0 N–H and O–H groups in total. The largest absolute Gasteiger partial charge is 0.356 e. The van der Waals surface area contributed by atoms with E-state index < -0.39 is 0 Å². The van der Waals surface area contributed by atoms with E-state index in [1.807, 2.05) is 24.3 Å². The summed E-state index contributed by atoms with van der Waals surface area (Å²) < 4.78 is 0. The Bertz CT molecular complexity index is 953. The lowest BCUT2D eigenvalue weighted by Gasteiger charge is -2.23. The Kier molecular flexibility index (Phi) is 4.36. The molecule has 0 aliphatic carbocycles. The summed E-state index contributed by atoms with van der Waals surface area (Å²) in [4.78, 5) is 12.2. The zero-order valence-electron chi connectivity index (χ0n) is 15.6. The Morgan fingerprint density at radius 3 is 2.38 bits per heavy atom. The van der Waals surface area contributed by atoms with Crippen LogP contribution in [0.15, 0.2) is 42.5 Å². The predicted molar refractivity (Wildman–Crippen MR) is 110 cm³/mol. The number of hydrogen-bond donors (Lipinski definition) is 0. The van der Waals surface area contributed by atoms with Crippen LogP contribution in [0, 0.1) is 0 Å². The molecule has 0 bridgehead atoms. The molecule has 2 heterocycles. The van der Waals surface area contributed by atoms with Gasteiger partial charge in [-0.1, -0.05) is 50.6 Å². The molecule has 0 spiro atoms. The molecule has 26 heavy (non-hydrogen) atoms. The second-order valence-electron chi connectivity index (χ2n) is 8.03. The van der Waals surface area contributed by atoms with Gasteiger partial charge in [-0.2, -0.15) is 0 Å². The maximum Gasteiger partial charge on any atom is 0.163 e. The molecule has 0 unspecified atom stereocenters. The van der Waals surface area contributed by atoms with Crippen LogP contribution in [0.5, 0.6) is 0 Å². The van der Waals surface area contributed by atoms with Crippen molar-refractivity contribution in [2.45, 2.75) is 39.0 Å². The van der Waals surface area contributed by atoms with Crippen LogP contribution in [0.1, 0.15) is 39.2 Å². The van der Waals surface area contributed by atoms with E-state index in [1.165, 1.54) is 18.4 Å². The van der Waals surface area contributed by atoms with Crippen LogP contribution in [0.3, 0.4) is 0 Å². The number of anilines is 1. The molecule has 134 valence electrons. The third-order valence-electron chi connectivity index (χ3n) is 5.06. The molecule has 1 fully saturated rings. The van der Waals surface area contributed by atoms with Crippen LogP contribution >= 0.6 is 11.6 Å². The lowest BCUT2D eigenvalue weighted by Crippen LogP contribution is -2.20. The molecule has 0 radical (unpaired) electrons. The average Bonchev–Trinajstić information content (AvgIpc) is 3.14. The van der Waals surface area contributed by atoms with Crippen molar-refractivity contribution in [2.75, 3.05) is 18.0 Å². The predicted octanol–water partition coefficient (Wildman–Crippen LogP) is 5.85. The monoisotopic (exact) mass is 365 g/mol. The minimum atomic E-state index is 0.0951. The highest BCUT2D eigenvalue weighted by atomic mass is 35.5. The molecule has 4 heteroatoms. The minimum Gasteiger partial charge on any atom is -0.356 e. The van der Waals surface area contributed by atoms with Crippen molar-refractivity contribution in [1.82, 2.24) is 9.97 Å². The Balaban J connectivity index is 1.96. The molecule has 0 atom stereocenters. The van der Waals surface area contributed by atoms with Gasteiger partial charge in [-0.15, -0.1) is 0 Å². The molecule has 4 rings (SSSR count). The molecule has 0 amide bonds. The van der Waals surface area contributed by atoms with E-state index in [0.717, 1.165) is 35.4 Å². The first-order valence-corrected chi connectivity index (χ1v) is 9.63. The van der Waals surface area contributed by atoms with E-state index >= 15 is 0 Å². The van der Waals surface area contributed by atoms with Crippen LogP contribution in [0.25, 0.3) is 22.3 Å². The van der Waals surface area contributed by atoms with E-state index in [9.17, 15) is 0 Å². The van der Waals surface area contributed by atoms with Gasteiger partial charge in [0.1, 0.15) is 5.82 Å². The molecule has 1 aliphatic rings. The number of halogens is 1. The number of benzene rings is 2. The molecule has 3 aromatic rings. The van der Waals surface area contributed by atoms with Gasteiger partial charge in [-0.3, -0.25) is 0 Å². The van der Waals surface area contributed by atoms with Crippen LogP contribution in [-0.4, -0.2) is 23.1 Å². The van der Waals surface area contributed by atoms with Gasteiger partial charge in [0, 0.05) is 24.0 Å². The fourth-order valence-electron chi connectivity index (χ4n) is 3.51. The fraction of sp³-hybridized carbons (Fsp3) is 0.364. The maximum atomic E-state index is 6.41. The van der Waals surface area contributed by atoms with Gasteiger partial charge in [0.25, 0.3) is 0 Å². The van der Waals surface area contributed by atoms with Crippen molar-refractivity contribution in [2.24, 2.45) is 0 Å². The average molecular weight is 366 g/mol. The normalized spacial score (nSPS) is 15.0. The smallest absolute Gasteiger partial charge is 0.163 e. The summed E-state index contributed by atoms with van der Waals surface area (Å²) in [5.41, 5.74) is 3.26. The number of hydrogen-bond acceptors (Lipinski definition) is 3. The molecular formula is C22H24ClN3. The lowest BCUT2D eigenvalue weighted by molar-refractivity contribution is 0.591. The van der Waals surface area contributed by atoms with E-state index in [4.69, 9.17) is 21.6 Å². The highest BCUT2D eigenvalue weighted by Gasteiger charge is 2.21. The number of fused-ring (bicyclic) bond motifs is 1. The highest BCUT2D eigenvalue weighted by Crippen LogP contribution is 2.34. The van der Waals surface area contributed by atoms with Crippen molar-refractivity contribution in [3.63, 3.8) is 0 Å². The standard InChI is InChI=1S/C22H24ClN3/c1-22(2,3)15-10-11-19-17(14-15)21(26-12-6-7-13-26)25-20(24-19)16-8-4-5-9-18(16)23/h4-5,8-11,14H,6-7,12-13H2,1-3H3. The topological polar surface area (TPSA) is 29.0 Å². The van der Waals surface area contributed by atoms with E-state index in [1.54, 1.807) is 0 Å². The SMILES string of the molecule is CC(C)(C)c1ccc2nc(-c3ccccc3Cl)nc(N3CCCC3)c2c1. The Labute approximate surface area is 160 Å². The molecule has 1 saturated heterocycles. The first kappa shape index (κ1) is 17.3. The van der Waals surface area contributed by atoms with E-state index in [0.29, 0.717) is 10.8 Å². The third-order valence-corrected chi connectivity index (χ3v) is 5.39. The quantitative estimate of drug-likeness (QED) is 0.570. The Morgan fingerprint density at radius 2 is 1.69 bits per heavy atom. The second-order valence-corrected chi connectivity index (χ2v) is 8.43. The summed E-state index contributed by atoms with van der Waals surface area (Å²) in [6.45, 7) is 8.82. The van der Waals surface area contributed by atoms with E-state index in [-0.39, 0.29) is 5.41 Å². The summed E-state index contributed by atoms with van der Waals surface area (Å²) in [6, 6.07) is 14.4. The van der Waals surface area contributed by atoms with Crippen molar-refractivity contribution >= 4 is 28.3 Å². The van der Waals surface area contributed by atoms with Crippen LogP contribution in [-0.2, 0) is 5.41 Å². The Hall–Kier alpha value is -2.13. The van der Waals surface area contributed by atoms with Gasteiger partial charge < -0.3 is 4.90 Å². The molecule has 3 nitrogen and oxygen atoms in total. The van der Waals surface area contributed by atoms with Gasteiger partial charge in [0.2, 0.25) is 0 Å². The van der Waals surface area contributed by atoms with Gasteiger partial charge in [0.05, 0.1) is 10.5 Å². The summed E-state index contributed by atoms with van der Waals surface area (Å²) in [6.07, 6.45) is 2.43. The van der Waals surface area contributed by atoms with Gasteiger partial charge in [0.15, 0.2) is 5.82 Å². The van der Waals surface area contributed by atoms with Crippen molar-refractivity contribution in [3.05, 3.63) is 53.1 Å². The maximum absolute atomic E-state index is 6.41. The van der Waals surface area contributed by atoms with E-state index in [2.05, 4.69) is 43.9 Å². The summed E-state index contributed by atoms with van der Waals surface area (Å²) >= 11 is 6.41. The first-order valence-electron chi connectivity index (χ1n) is 9.25. The third kappa shape index (κ3) is 3.16. The molecule has 1 aliphatic heterocycles. The summed E-state index contributed by atoms with van der Waals surface area (Å²) in [7, 11) is 0. The van der Waals surface area contributed by atoms with Crippen molar-refractivity contribution in [1.29, 1.82) is 0 Å². The van der Waals surface area contributed by atoms with Crippen LogP contribution in [0.4, 0.5) is 5.82 Å². The Morgan fingerprint density at radius 1 is 0.962 bits per heavy atom. The summed E-state index contributed by atoms with van der Waals surface area (Å²) in [5.74, 6) is 1.74. The number of nitrogens with zero attached hydrogens (tertiary/aromatic N) is 3.